The van der Waals surface area contributed by atoms with Crippen LogP contribution in [0.2, 0.25) is 0 Å². The van der Waals surface area contributed by atoms with Gasteiger partial charge in [-0.15, -0.1) is 0 Å². The summed E-state index contributed by atoms with van der Waals surface area (Å²) in [7, 11) is -1.09. The summed E-state index contributed by atoms with van der Waals surface area (Å²) in [4.78, 5) is 9.44. The van der Waals surface area contributed by atoms with E-state index >= 15 is 4.39 Å². The van der Waals surface area contributed by atoms with Crippen LogP contribution in [-0.2, 0) is 10.8 Å². The first-order valence-electron chi connectivity index (χ1n) is 9.07. The summed E-state index contributed by atoms with van der Waals surface area (Å²) in [6, 6.07) is 18.3. The molecule has 5 aromatic rings. The molecule has 2 aromatic carbocycles. The van der Waals surface area contributed by atoms with Crippen molar-refractivity contribution in [2.45, 2.75) is 4.90 Å². The highest BCUT2D eigenvalue weighted by atomic mass is 32.2. The van der Waals surface area contributed by atoms with E-state index < -0.39 is 16.6 Å². The van der Waals surface area contributed by atoms with E-state index in [9.17, 15) is 4.21 Å². The molecule has 1 atom stereocenters. The van der Waals surface area contributed by atoms with Gasteiger partial charge in [0.05, 0.1) is 16.7 Å². The summed E-state index contributed by atoms with van der Waals surface area (Å²) in [5.41, 5.74) is 2.94. The Morgan fingerprint density at radius 3 is 2.59 bits per heavy atom. The predicted molar refractivity (Wildman–Crippen MR) is 114 cm³/mol. The third-order valence-electron chi connectivity index (χ3n) is 5.00. The first kappa shape index (κ1) is 17.7. The minimum Gasteiger partial charge on any atom is -0.313 e. The van der Waals surface area contributed by atoms with Crippen LogP contribution in [-0.4, -0.2) is 25.0 Å². The average molecular weight is 401 g/mol. The van der Waals surface area contributed by atoms with Crippen LogP contribution in [0.5, 0.6) is 0 Å². The molecule has 0 saturated heterocycles. The normalized spacial score (nSPS) is 12.5. The summed E-state index contributed by atoms with van der Waals surface area (Å²) < 4.78 is 29.4. The van der Waals surface area contributed by atoms with Crippen molar-refractivity contribution >= 4 is 32.6 Å². The zero-order chi connectivity index (χ0) is 20.0. The van der Waals surface area contributed by atoms with Gasteiger partial charge in [-0.25, -0.2) is 9.37 Å². The Balaban J connectivity index is 1.82. The molecule has 0 bridgehead atoms. The van der Waals surface area contributed by atoms with Gasteiger partial charge in [0.2, 0.25) is 0 Å². The highest BCUT2D eigenvalue weighted by molar-refractivity contribution is 7.84. The van der Waals surface area contributed by atoms with Crippen LogP contribution in [0.3, 0.4) is 0 Å². The zero-order valence-electron chi connectivity index (χ0n) is 15.5. The fourth-order valence-electron chi connectivity index (χ4n) is 3.58. The first-order chi connectivity index (χ1) is 14.1. The van der Waals surface area contributed by atoms with Crippen molar-refractivity contribution < 1.29 is 8.60 Å². The smallest absolute Gasteiger partial charge is 0.174 e. The second-order valence-corrected chi connectivity index (χ2v) is 8.12. The molecule has 0 fully saturated rings. The Morgan fingerprint density at radius 2 is 1.79 bits per heavy atom. The lowest BCUT2D eigenvalue weighted by Crippen LogP contribution is -2.02. The molecule has 0 aliphatic heterocycles. The van der Waals surface area contributed by atoms with E-state index in [0.29, 0.717) is 21.7 Å². The van der Waals surface area contributed by atoms with Gasteiger partial charge in [-0.2, -0.15) is 0 Å². The van der Waals surface area contributed by atoms with Gasteiger partial charge < -0.3 is 4.57 Å². The Hall–Kier alpha value is -3.38. The number of aromatic nitrogens is 3. The Morgan fingerprint density at radius 1 is 1.00 bits per heavy atom. The number of hydrogen-bond donors (Lipinski definition) is 0. The maximum absolute atomic E-state index is 15.9. The lowest BCUT2D eigenvalue weighted by atomic mass is 10.1. The van der Waals surface area contributed by atoms with Gasteiger partial charge in [-0.1, -0.05) is 30.3 Å². The molecule has 3 heterocycles. The lowest BCUT2D eigenvalue weighted by Gasteiger charge is -2.14. The maximum atomic E-state index is 15.9. The molecule has 142 valence electrons. The van der Waals surface area contributed by atoms with E-state index in [1.807, 2.05) is 47.2 Å². The monoisotopic (exact) mass is 401 g/mol. The van der Waals surface area contributed by atoms with Crippen molar-refractivity contribution in [2.24, 2.45) is 0 Å². The molecule has 5 rings (SSSR count). The predicted octanol–water partition coefficient (Wildman–Crippen LogP) is 5.12. The lowest BCUT2D eigenvalue weighted by molar-refractivity contribution is 0.621. The molecule has 0 aliphatic rings. The van der Waals surface area contributed by atoms with Gasteiger partial charge in [0.25, 0.3) is 0 Å². The minimum atomic E-state index is -1.09. The Bertz CT molecular complexity index is 1390. The zero-order valence-corrected chi connectivity index (χ0v) is 16.4. The van der Waals surface area contributed by atoms with Crippen LogP contribution < -0.4 is 0 Å². The van der Waals surface area contributed by atoms with Gasteiger partial charge in [0.15, 0.2) is 5.82 Å². The fourth-order valence-corrected chi connectivity index (χ4v) is 4.10. The van der Waals surface area contributed by atoms with Gasteiger partial charge in [0, 0.05) is 56.9 Å². The molecule has 1 unspecified atom stereocenters. The maximum Gasteiger partial charge on any atom is 0.174 e. The molecule has 0 amide bonds. The number of nitrogens with zero attached hydrogens (tertiary/aromatic N) is 3. The number of fused-ring (bicyclic) bond motifs is 2. The van der Waals surface area contributed by atoms with Crippen molar-refractivity contribution in [3.05, 3.63) is 85.1 Å². The summed E-state index contributed by atoms with van der Waals surface area (Å²) in [6.07, 6.45) is 6.93. The summed E-state index contributed by atoms with van der Waals surface area (Å²) >= 11 is 0. The third-order valence-corrected chi connectivity index (χ3v) is 5.93. The molecule has 3 aromatic heterocycles. The van der Waals surface area contributed by atoms with Crippen LogP contribution in [0.4, 0.5) is 4.39 Å². The van der Waals surface area contributed by atoms with E-state index in [-0.39, 0.29) is 5.69 Å². The third kappa shape index (κ3) is 2.93. The Labute approximate surface area is 169 Å². The minimum absolute atomic E-state index is 0.267. The van der Waals surface area contributed by atoms with Crippen LogP contribution in [0.1, 0.15) is 0 Å². The molecule has 0 aliphatic carbocycles. The summed E-state index contributed by atoms with van der Waals surface area (Å²) in [5, 5.41) is 1.67. The fraction of sp³-hybridized carbons (Fsp3) is 0.0435. The number of hydrogen-bond acceptors (Lipinski definition) is 3. The van der Waals surface area contributed by atoms with Crippen molar-refractivity contribution in [1.29, 1.82) is 0 Å². The second-order valence-electron chi connectivity index (χ2n) is 6.74. The van der Waals surface area contributed by atoms with Gasteiger partial charge in [-0.3, -0.25) is 9.19 Å². The quantitative estimate of drug-likeness (QED) is 0.422. The summed E-state index contributed by atoms with van der Waals surface area (Å²) in [6.45, 7) is 0. The number of pyridine rings is 2. The first-order valence-corrected chi connectivity index (χ1v) is 10.6. The van der Waals surface area contributed by atoms with Crippen LogP contribution in [0.15, 0.2) is 84.1 Å². The van der Waals surface area contributed by atoms with Crippen LogP contribution in [0.25, 0.3) is 38.8 Å². The average Bonchev–Trinajstić information content (AvgIpc) is 3.17. The number of rotatable bonds is 3. The molecular weight excluding hydrogens is 385 g/mol. The van der Waals surface area contributed by atoms with E-state index in [0.717, 1.165) is 16.3 Å². The van der Waals surface area contributed by atoms with Crippen molar-refractivity contribution in [3.63, 3.8) is 0 Å². The topological polar surface area (TPSA) is 47.8 Å². The molecule has 0 spiro atoms. The van der Waals surface area contributed by atoms with Gasteiger partial charge in [0.1, 0.15) is 5.69 Å². The highest BCUT2D eigenvalue weighted by Gasteiger charge is 2.19. The second kappa shape index (κ2) is 6.90. The van der Waals surface area contributed by atoms with Gasteiger partial charge in [-0.05, 0) is 30.3 Å². The molecule has 0 N–H and O–H groups in total. The number of benzene rings is 2. The highest BCUT2D eigenvalue weighted by Crippen LogP contribution is 2.33. The van der Waals surface area contributed by atoms with Crippen molar-refractivity contribution in [3.8, 4) is 16.9 Å². The van der Waals surface area contributed by atoms with Crippen LogP contribution >= 0.6 is 0 Å². The molecule has 0 radical (unpaired) electrons. The van der Waals surface area contributed by atoms with E-state index in [2.05, 4.69) is 9.97 Å². The van der Waals surface area contributed by atoms with Crippen molar-refractivity contribution in [2.75, 3.05) is 6.26 Å². The largest absolute Gasteiger partial charge is 0.313 e. The molecular formula is C23H16FN3OS. The molecule has 0 saturated carbocycles. The van der Waals surface area contributed by atoms with E-state index in [1.54, 1.807) is 42.9 Å². The van der Waals surface area contributed by atoms with Gasteiger partial charge >= 0.3 is 0 Å². The number of halogens is 1. The SMILES string of the molecule is CS(=O)c1ccc(-c2nc3ccccc3c(-n3ccc4cnccc43)c2F)cc1. The number of para-hydroxylation sites is 1. The van der Waals surface area contributed by atoms with Crippen molar-refractivity contribution in [1.82, 2.24) is 14.5 Å². The van der Waals surface area contributed by atoms with E-state index in [4.69, 9.17) is 0 Å². The summed E-state index contributed by atoms with van der Waals surface area (Å²) in [5.74, 6) is -0.400. The van der Waals surface area contributed by atoms with E-state index in [1.165, 1.54) is 0 Å². The molecule has 6 heteroatoms. The van der Waals surface area contributed by atoms with Crippen LogP contribution in [0, 0.1) is 5.82 Å². The molecule has 4 nitrogen and oxygen atoms in total. The Kier molecular flexibility index (Phi) is 4.21. The standard InChI is InChI=1S/C23H16FN3OS/c1-29(28)17-8-6-15(7-9-17)22-21(24)23(18-4-2-3-5-19(18)26-22)27-13-11-16-14-25-12-10-20(16)27/h2-14H,1H3. The molecule has 29 heavy (non-hydrogen) atoms.